The van der Waals surface area contributed by atoms with Gasteiger partial charge in [-0.25, -0.2) is 0 Å². The highest BCUT2D eigenvalue weighted by Gasteiger charge is 1.93. The Balaban J connectivity index is 2.92. The number of hydrogen-bond donors (Lipinski definition) is 4. The molecular weight excluding hydrogens is 104 g/mol. The normalized spacial score (nSPS) is 13.9. The van der Waals surface area contributed by atoms with Gasteiger partial charge in [-0.1, -0.05) is 0 Å². The van der Waals surface area contributed by atoms with E-state index in [0.717, 1.165) is 6.54 Å². The third-order valence-corrected chi connectivity index (χ3v) is 0.890. The van der Waals surface area contributed by atoms with Crippen molar-refractivity contribution < 1.29 is 0 Å². The molecule has 0 unspecified atom stereocenters. The van der Waals surface area contributed by atoms with Gasteiger partial charge in [0.25, 0.3) is 0 Å². The molecule has 0 amide bonds. The summed E-state index contributed by atoms with van der Waals surface area (Å²) in [6, 6.07) is 0.352. The fourth-order valence-electron chi connectivity index (χ4n) is 0.450. The third kappa shape index (κ3) is 4.01. The molecule has 0 saturated carbocycles. The second-order valence-corrected chi connectivity index (χ2v) is 1.72. The highest BCUT2D eigenvalue weighted by Crippen LogP contribution is 1.71. The summed E-state index contributed by atoms with van der Waals surface area (Å²) in [6.45, 7) is 3.26. The second kappa shape index (κ2) is 4.99. The van der Waals surface area contributed by atoms with Crippen molar-refractivity contribution in [1.82, 2.24) is 10.7 Å². The maximum Gasteiger partial charge on any atom is 0.0431 e. The zero-order valence-electron chi connectivity index (χ0n) is 5.15. The summed E-state index contributed by atoms with van der Waals surface area (Å²) in [6.07, 6.45) is 0. The average molecular weight is 118 g/mol. The van der Waals surface area contributed by atoms with Gasteiger partial charge in [0.05, 0.1) is 0 Å². The van der Waals surface area contributed by atoms with Crippen LogP contribution in [0.5, 0.6) is 0 Å². The highest BCUT2D eigenvalue weighted by molar-refractivity contribution is 4.58. The van der Waals surface area contributed by atoms with Crippen molar-refractivity contribution in [3.05, 3.63) is 0 Å². The van der Waals surface area contributed by atoms with Crippen LogP contribution in [0, 0.1) is 0 Å². The third-order valence-electron chi connectivity index (χ3n) is 0.890. The molecule has 0 aromatic rings. The molecule has 0 spiro atoms. The van der Waals surface area contributed by atoms with Crippen LogP contribution in [-0.2, 0) is 0 Å². The second-order valence-electron chi connectivity index (χ2n) is 1.72. The molecule has 0 saturated heterocycles. The lowest BCUT2D eigenvalue weighted by Crippen LogP contribution is -2.41. The fourth-order valence-corrected chi connectivity index (χ4v) is 0.450. The molecular formula is C4H14N4. The molecule has 1 atom stereocenters. The van der Waals surface area contributed by atoms with Gasteiger partial charge in [0.15, 0.2) is 0 Å². The van der Waals surface area contributed by atoms with Crippen LogP contribution in [0.1, 0.15) is 6.92 Å². The van der Waals surface area contributed by atoms with Crippen LogP contribution in [0.4, 0.5) is 0 Å². The molecule has 0 aromatic heterocycles. The van der Waals surface area contributed by atoms with Gasteiger partial charge in [0, 0.05) is 19.3 Å². The van der Waals surface area contributed by atoms with Gasteiger partial charge in [0.2, 0.25) is 0 Å². The number of nitrogens with one attached hydrogen (secondary N) is 2. The van der Waals surface area contributed by atoms with Crippen LogP contribution in [0.15, 0.2) is 0 Å². The van der Waals surface area contributed by atoms with Crippen LogP contribution in [-0.4, -0.2) is 19.3 Å². The summed E-state index contributed by atoms with van der Waals surface area (Å²) in [5.41, 5.74) is 7.71. The van der Waals surface area contributed by atoms with Gasteiger partial charge in [0.1, 0.15) is 0 Å². The predicted octanol–water partition coefficient (Wildman–Crippen LogP) is -1.66. The van der Waals surface area contributed by atoms with E-state index in [-0.39, 0.29) is 0 Å². The van der Waals surface area contributed by atoms with Crippen molar-refractivity contribution in [2.45, 2.75) is 13.0 Å². The number of hydrogen-bond acceptors (Lipinski definition) is 4. The molecule has 0 fully saturated rings. The Morgan fingerprint density at radius 3 is 2.62 bits per heavy atom. The van der Waals surface area contributed by atoms with Crippen molar-refractivity contribution in [3.63, 3.8) is 0 Å². The average Bonchev–Trinajstić information content (AvgIpc) is 1.68. The molecule has 50 valence electrons. The van der Waals surface area contributed by atoms with E-state index >= 15 is 0 Å². The number of nitrogens with two attached hydrogens (primary N) is 2. The Hall–Kier alpha value is -0.160. The Kier molecular flexibility index (Phi) is 4.89. The maximum absolute atomic E-state index is 5.18. The van der Waals surface area contributed by atoms with Crippen LogP contribution < -0.4 is 22.3 Å². The van der Waals surface area contributed by atoms with Crippen molar-refractivity contribution in [1.29, 1.82) is 0 Å². The molecule has 4 heteroatoms. The van der Waals surface area contributed by atoms with Crippen LogP contribution >= 0.6 is 0 Å². The zero-order chi connectivity index (χ0) is 6.41. The van der Waals surface area contributed by atoms with Gasteiger partial charge >= 0.3 is 0 Å². The first-order valence-corrected chi connectivity index (χ1v) is 2.68. The molecule has 0 radical (unpaired) electrons. The first-order chi connectivity index (χ1) is 3.81. The lowest BCUT2D eigenvalue weighted by atomic mass is 10.3. The SMILES string of the molecule is C[C@H](CNN)NCN. The van der Waals surface area contributed by atoms with Crippen LogP contribution in [0.3, 0.4) is 0 Å². The van der Waals surface area contributed by atoms with Gasteiger partial charge in [-0.15, -0.1) is 0 Å². The number of hydrazine groups is 1. The first-order valence-electron chi connectivity index (χ1n) is 2.68. The highest BCUT2D eigenvalue weighted by atomic mass is 15.2. The molecule has 0 aliphatic rings. The standard InChI is InChI=1S/C4H14N4/c1-4(2-8-6)7-3-5/h4,7-8H,2-3,5-6H2,1H3/t4-/m1/s1. The van der Waals surface area contributed by atoms with E-state index in [2.05, 4.69) is 10.7 Å². The van der Waals surface area contributed by atoms with E-state index in [0.29, 0.717) is 12.7 Å². The molecule has 8 heavy (non-hydrogen) atoms. The fraction of sp³-hybridized carbons (Fsp3) is 1.00. The molecule has 0 aromatic carbocycles. The van der Waals surface area contributed by atoms with Crippen molar-refractivity contribution in [3.8, 4) is 0 Å². The molecule has 0 bridgehead atoms. The zero-order valence-corrected chi connectivity index (χ0v) is 5.15. The quantitative estimate of drug-likeness (QED) is 0.202. The molecule has 0 aliphatic carbocycles. The Morgan fingerprint density at radius 2 is 2.25 bits per heavy atom. The first kappa shape index (κ1) is 7.84. The Labute approximate surface area is 49.6 Å². The van der Waals surface area contributed by atoms with Gasteiger partial charge in [-0.05, 0) is 6.92 Å². The van der Waals surface area contributed by atoms with Crippen molar-refractivity contribution in [2.75, 3.05) is 13.2 Å². The van der Waals surface area contributed by atoms with Gasteiger partial charge in [-0.3, -0.25) is 11.3 Å². The van der Waals surface area contributed by atoms with E-state index in [9.17, 15) is 0 Å². The van der Waals surface area contributed by atoms with E-state index in [1.54, 1.807) is 0 Å². The van der Waals surface area contributed by atoms with Gasteiger partial charge in [-0.2, -0.15) is 0 Å². The van der Waals surface area contributed by atoms with Crippen molar-refractivity contribution in [2.24, 2.45) is 11.6 Å². The lowest BCUT2D eigenvalue weighted by molar-refractivity contribution is 0.518. The number of rotatable bonds is 4. The minimum atomic E-state index is 0.352. The van der Waals surface area contributed by atoms with E-state index in [1.807, 2.05) is 6.92 Å². The Morgan fingerprint density at radius 1 is 1.62 bits per heavy atom. The van der Waals surface area contributed by atoms with E-state index < -0.39 is 0 Å². The molecule has 0 rings (SSSR count). The summed E-state index contributed by atoms with van der Waals surface area (Å²) >= 11 is 0. The van der Waals surface area contributed by atoms with Crippen molar-refractivity contribution >= 4 is 0 Å². The molecule has 6 N–H and O–H groups in total. The summed E-state index contributed by atoms with van der Waals surface area (Å²) in [4.78, 5) is 0. The van der Waals surface area contributed by atoms with Crippen LogP contribution in [0.25, 0.3) is 0 Å². The largest absolute Gasteiger partial charge is 0.318 e. The molecule has 0 aliphatic heterocycles. The monoisotopic (exact) mass is 118 g/mol. The summed E-state index contributed by atoms with van der Waals surface area (Å²) in [5.74, 6) is 5.03. The predicted molar refractivity (Wildman–Crippen MR) is 33.8 cm³/mol. The minimum Gasteiger partial charge on any atom is -0.318 e. The summed E-state index contributed by atoms with van der Waals surface area (Å²) in [7, 11) is 0. The summed E-state index contributed by atoms with van der Waals surface area (Å²) < 4.78 is 0. The smallest absolute Gasteiger partial charge is 0.0431 e. The minimum absolute atomic E-state index is 0.352. The van der Waals surface area contributed by atoms with Gasteiger partial charge < -0.3 is 11.1 Å². The Bertz CT molecular complexity index is 41.3. The summed E-state index contributed by atoms with van der Waals surface area (Å²) in [5, 5.41) is 2.98. The van der Waals surface area contributed by atoms with E-state index in [1.165, 1.54) is 0 Å². The molecule has 0 heterocycles. The maximum atomic E-state index is 5.18. The van der Waals surface area contributed by atoms with E-state index in [4.69, 9.17) is 11.6 Å². The van der Waals surface area contributed by atoms with Crippen LogP contribution in [0.2, 0.25) is 0 Å². The lowest BCUT2D eigenvalue weighted by Gasteiger charge is -2.09. The topological polar surface area (TPSA) is 76.1 Å². The molecule has 4 nitrogen and oxygen atoms in total.